The van der Waals surface area contributed by atoms with Gasteiger partial charge in [-0.05, 0) is 49.9 Å². The summed E-state index contributed by atoms with van der Waals surface area (Å²) in [5.74, 6) is 1.57. The van der Waals surface area contributed by atoms with Crippen LogP contribution in [0.2, 0.25) is 0 Å². The van der Waals surface area contributed by atoms with E-state index in [-0.39, 0.29) is 12.2 Å². The summed E-state index contributed by atoms with van der Waals surface area (Å²) in [5, 5.41) is 0. The lowest BCUT2D eigenvalue weighted by Crippen LogP contribution is -2.41. The average molecular weight is 349 g/mol. The summed E-state index contributed by atoms with van der Waals surface area (Å²) in [6.07, 6.45) is 2.54. The minimum atomic E-state index is -0.0393. The van der Waals surface area contributed by atoms with Gasteiger partial charge in [0, 0.05) is 36.1 Å². The Morgan fingerprint density at radius 3 is 2.54 bits per heavy atom. The second-order valence-electron chi connectivity index (χ2n) is 6.67. The van der Waals surface area contributed by atoms with Crippen LogP contribution in [0.3, 0.4) is 0 Å². The van der Waals surface area contributed by atoms with Crippen molar-refractivity contribution in [2.75, 3.05) is 32.1 Å². The number of hydrogen-bond acceptors (Lipinski definition) is 4. The molecule has 2 saturated heterocycles. The Morgan fingerprint density at radius 2 is 1.88 bits per heavy atom. The number of nitrogens with zero attached hydrogens (tertiary/aromatic N) is 1. The maximum Gasteiger partial charge on any atom is 0.223 e. The van der Waals surface area contributed by atoms with E-state index in [0.717, 1.165) is 31.7 Å². The van der Waals surface area contributed by atoms with Gasteiger partial charge in [-0.2, -0.15) is 0 Å². The number of aryl methyl sites for hydroxylation is 2. The molecule has 132 valence electrons. The second-order valence-corrected chi connectivity index (χ2v) is 7.84. The molecule has 0 aromatic heterocycles. The Labute approximate surface area is 148 Å². The van der Waals surface area contributed by atoms with E-state index < -0.39 is 0 Å². The SMILES string of the molecule is Cc1ccc(SCCC(=O)N2CCC(C3OCCO3)CC2)cc1C. The van der Waals surface area contributed by atoms with Crippen LogP contribution in [0.4, 0.5) is 0 Å². The summed E-state index contributed by atoms with van der Waals surface area (Å²) in [6, 6.07) is 6.50. The summed E-state index contributed by atoms with van der Waals surface area (Å²) in [7, 11) is 0. The van der Waals surface area contributed by atoms with E-state index in [4.69, 9.17) is 9.47 Å². The molecular weight excluding hydrogens is 322 g/mol. The Bertz CT molecular complexity index is 564. The monoisotopic (exact) mass is 349 g/mol. The molecule has 0 N–H and O–H groups in total. The maximum atomic E-state index is 12.4. The number of rotatable bonds is 5. The number of hydrogen-bond donors (Lipinski definition) is 0. The van der Waals surface area contributed by atoms with Crippen LogP contribution in [0.15, 0.2) is 23.1 Å². The molecule has 1 amide bonds. The summed E-state index contributed by atoms with van der Waals surface area (Å²) in [4.78, 5) is 15.6. The van der Waals surface area contributed by atoms with Crippen LogP contribution < -0.4 is 0 Å². The highest BCUT2D eigenvalue weighted by atomic mass is 32.2. The first-order valence-electron chi connectivity index (χ1n) is 8.84. The smallest absolute Gasteiger partial charge is 0.223 e. The van der Waals surface area contributed by atoms with E-state index in [0.29, 0.717) is 25.6 Å². The zero-order chi connectivity index (χ0) is 16.9. The highest BCUT2D eigenvalue weighted by Crippen LogP contribution is 2.27. The number of thioether (sulfide) groups is 1. The standard InChI is InChI=1S/C19H27NO3S/c1-14-3-4-17(13-15(14)2)24-12-7-18(21)20-8-5-16(6-9-20)19-22-10-11-23-19/h3-4,13,16,19H,5-12H2,1-2H3. The van der Waals surface area contributed by atoms with Gasteiger partial charge in [0.25, 0.3) is 0 Å². The van der Waals surface area contributed by atoms with Gasteiger partial charge in [0.1, 0.15) is 0 Å². The highest BCUT2D eigenvalue weighted by molar-refractivity contribution is 7.99. The van der Waals surface area contributed by atoms with E-state index in [1.54, 1.807) is 11.8 Å². The Kier molecular flexibility index (Phi) is 6.19. The van der Waals surface area contributed by atoms with Gasteiger partial charge in [-0.1, -0.05) is 6.07 Å². The molecule has 0 atom stereocenters. The van der Waals surface area contributed by atoms with Crippen LogP contribution in [-0.4, -0.2) is 49.2 Å². The topological polar surface area (TPSA) is 38.8 Å². The molecule has 2 heterocycles. The molecule has 24 heavy (non-hydrogen) atoms. The fourth-order valence-corrected chi connectivity index (χ4v) is 4.22. The van der Waals surface area contributed by atoms with Crippen LogP contribution >= 0.6 is 11.8 Å². The van der Waals surface area contributed by atoms with Crippen molar-refractivity contribution in [1.29, 1.82) is 0 Å². The normalized spacial score (nSPS) is 19.8. The highest BCUT2D eigenvalue weighted by Gasteiger charge is 2.31. The molecular formula is C19H27NO3S. The summed E-state index contributed by atoms with van der Waals surface area (Å²) in [6.45, 7) is 7.34. The van der Waals surface area contributed by atoms with E-state index >= 15 is 0 Å². The summed E-state index contributed by atoms with van der Waals surface area (Å²) < 4.78 is 11.2. The van der Waals surface area contributed by atoms with Gasteiger partial charge in [0.15, 0.2) is 6.29 Å². The zero-order valence-electron chi connectivity index (χ0n) is 14.6. The van der Waals surface area contributed by atoms with Gasteiger partial charge in [0.2, 0.25) is 5.91 Å². The number of carbonyl (C=O) groups is 1. The third kappa shape index (κ3) is 4.52. The van der Waals surface area contributed by atoms with Gasteiger partial charge in [-0.3, -0.25) is 4.79 Å². The van der Waals surface area contributed by atoms with Crippen molar-refractivity contribution in [3.8, 4) is 0 Å². The fourth-order valence-electron chi connectivity index (χ4n) is 3.29. The number of amides is 1. The molecule has 2 aliphatic rings. The first kappa shape index (κ1) is 17.8. The second kappa shape index (κ2) is 8.37. The van der Waals surface area contributed by atoms with E-state index in [1.807, 2.05) is 4.90 Å². The molecule has 2 fully saturated rings. The van der Waals surface area contributed by atoms with Crippen molar-refractivity contribution in [2.24, 2.45) is 5.92 Å². The van der Waals surface area contributed by atoms with Gasteiger partial charge in [0.05, 0.1) is 13.2 Å². The van der Waals surface area contributed by atoms with Crippen LogP contribution in [0.5, 0.6) is 0 Å². The van der Waals surface area contributed by atoms with Crippen LogP contribution in [0, 0.1) is 19.8 Å². The van der Waals surface area contributed by atoms with Gasteiger partial charge in [-0.25, -0.2) is 0 Å². The Balaban J connectivity index is 1.38. The Hall–Kier alpha value is -1.04. The molecule has 5 heteroatoms. The number of ether oxygens (including phenoxy) is 2. The maximum absolute atomic E-state index is 12.4. The van der Waals surface area contributed by atoms with Gasteiger partial charge < -0.3 is 14.4 Å². The quantitative estimate of drug-likeness (QED) is 0.764. The third-order valence-electron chi connectivity index (χ3n) is 4.99. The molecule has 0 radical (unpaired) electrons. The summed E-state index contributed by atoms with van der Waals surface area (Å²) >= 11 is 1.77. The van der Waals surface area contributed by atoms with Gasteiger partial charge >= 0.3 is 0 Å². The minimum absolute atomic E-state index is 0.0393. The Morgan fingerprint density at radius 1 is 1.17 bits per heavy atom. The van der Waals surface area contributed by atoms with Crippen molar-refractivity contribution in [3.05, 3.63) is 29.3 Å². The van der Waals surface area contributed by atoms with E-state index in [2.05, 4.69) is 32.0 Å². The van der Waals surface area contributed by atoms with Crippen molar-refractivity contribution in [2.45, 2.75) is 44.3 Å². The third-order valence-corrected chi connectivity index (χ3v) is 5.98. The molecule has 4 nitrogen and oxygen atoms in total. The molecule has 3 rings (SSSR count). The lowest BCUT2D eigenvalue weighted by molar-refractivity contribution is -0.136. The number of likely N-dealkylation sites (tertiary alicyclic amines) is 1. The zero-order valence-corrected chi connectivity index (χ0v) is 15.4. The van der Waals surface area contributed by atoms with E-state index in [9.17, 15) is 4.79 Å². The first-order valence-corrected chi connectivity index (χ1v) is 9.83. The number of carbonyl (C=O) groups excluding carboxylic acids is 1. The van der Waals surface area contributed by atoms with Gasteiger partial charge in [-0.15, -0.1) is 11.8 Å². The molecule has 0 saturated carbocycles. The molecule has 0 bridgehead atoms. The fraction of sp³-hybridized carbons (Fsp3) is 0.632. The average Bonchev–Trinajstić information content (AvgIpc) is 3.13. The van der Waals surface area contributed by atoms with Crippen LogP contribution in [0.1, 0.15) is 30.4 Å². The number of piperidine rings is 1. The molecule has 0 unspecified atom stereocenters. The van der Waals surface area contributed by atoms with Crippen molar-refractivity contribution < 1.29 is 14.3 Å². The first-order chi connectivity index (χ1) is 11.6. The molecule has 1 aromatic carbocycles. The molecule has 1 aromatic rings. The molecule has 0 aliphatic carbocycles. The molecule has 0 spiro atoms. The minimum Gasteiger partial charge on any atom is -0.350 e. The van der Waals surface area contributed by atoms with Crippen LogP contribution in [-0.2, 0) is 14.3 Å². The molecule has 2 aliphatic heterocycles. The predicted molar refractivity (Wildman–Crippen MR) is 96.3 cm³/mol. The van der Waals surface area contributed by atoms with Crippen LogP contribution in [0.25, 0.3) is 0 Å². The van der Waals surface area contributed by atoms with Crippen molar-refractivity contribution in [3.63, 3.8) is 0 Å². The van der Waals surface area contributed by atoms with E-state index in [1.165, 1.54) is 16.0 Å². The summed E-state index contributed by atoms with van der Waals surface area (Å²) in [5.41, 5.74) is 2.62. The number of benzene rings is 1. The van der Waals surface area contributed by atoms with Crippen molar-refractivity contribution in [1.82, 2.24) is 4.90 Å². The van der Waals surface area contributed by atoms with Crippen molar-refractivity contribution >= 4 is 17.7 Å². The lowest BCUT2D eigenvalue weighted by atomic mass is 9.96. The predicted octanol–water partition coefficient (Wildman–Crippen LogP) is 3.40. The largest absolute Gasteiger partial charge is 0.350 e. The lowest BCUT2D eigenvalue weighted by Gasteiger charge is -2.33.